The lowest BCUT2D eigenvalue weighted by Crippen LogP contribution is -2.52. The molecule has 8 heteroatoms. The van der Waals surface area contributed by atoms with E-state index in [1.165, 1.54) is 30.7 Å². The van der Waals surface area contributed by atoms with Crippen molar-refractivity contribution in [3.05, 3.63) is 53.6 Å². The van der Waals surface area contributed by atoms with E-state index in [1.54, 1.807) is 6.07 Å². The minimum atomic E-state index is -3.96. The van der Waals surface area contributed by atoms with Gasteiger partial charge in [0, 0.05) is 19.2 Å². The standard InChI is InChI=1S/C24H32N2O5S/c1-4-5-6-9-14-25-24(27)21-15-18-10-7-8-11-19(18)17-26(21)32(28,29)20-12-13-22(30-2)23(16-20)31-3/h7-8,10-13,16,21H,4-6,9,14-15,17H2,1-3H3,(H,25,27). The lowest BCUT2D eigenvalue weighted by Gasteiger charge is -2.35. The van der Waals surface area contributed by atoms with Gasteiger partial charge in [-0.3, -0.25) is 4.79 Å². The first-order chi connectivity index (χ1) is 15.4. The van der Waals surface area contributed by atoms with Crippen LogP contribution in [-0.2, 0) is 27.8 Å². The van der Waals surface area contributed by atoms with Crippen molar-refractivity contribution in [2.75, 3.05) is 20.8 Å². The number of benzene rings is 2. The molecule has 0 fully saturated rings. The van der Waals surface area contributed by atoms with Crippen LogP contribution in [0, 0.1) is 0 Å². The van der Waals surface area contributed by atoms with Gasteiger partial charge >= 0.3 is 0 Å². The summed E-state index contributed by atoms with van der Waals surface area (Å²) in [6.45, 7) is 2.82. The molecule has 1 aliphatic heterocycles. The minimum Gasteiger partial charge on any atom is -0.493 e. The van der Waals surface area contributed by atoms with E-state index >= 15 is 0 Å². The summed E-state index contributed by atoms with van der Waals surface area (Å²) in [4.78, 5) is 13.2. The molecular weight excluding hydrogens is 428 g/mol. The molecule has 3 rings (SSSR count). The van der Waals surface area contributed by atoms with E-state index in [0.29, 0.717) is 24.5 Å². The summed E-state index contributed by atoms with van der Waals surface area (Å²) in [7, 11) is -1.01. The molecule has 1 aliphatic rings. The SMILES string of the molecule is CCCCCCNC(=O)C1Cc2ccccc2CN1S(=O)(=O)c1ccc(OC)c(OC)c1. The maximum Gasteiger partial charge on any atom is 0.244 e. The molecule has 0 aliphatic carbocycles. The van der Waals surface area contributed by atoms with Crippen molar-refractivity contribution in [2.45, 2.75) is 56.5 Å². The molecule has 174 valence electrons. The highest BCUT2D eigenvalue weighted by molar-refractivity contribution is 7.89. The predicted octanol–water partition coefficient (Wildman–Crippen LogP) is 3.52. The number of sulfonamides is 1. The van der Waals surface area contributed by atoms with Crippen LogP contribution < -0.4 is 14.8 Å². The molecule has 2 aromatic rings. The number of nitrogens with zero attached hydrogens (tertiary/aromatic N) is 1. The Bertz CT molecular complexity index is 1040. The number of methoxy groups -OCH3 is 2. The van der Waals surface area contributed by atoms with Gasteiger partial charge < -0.3 is 14.8 Å². The molecule has 1 N–H and O–H groups in total. The molecule has 1 amide bonds. The number of carbonyl (C=O) groups excluding carboxylic acids is 1. The minimum absolute atomic E-state index is 0.0651. The van der Waals surface area contributed by atoms with E-state index in [0.717, 1.165) is 36.8 Å². The highest BCUT2D eigenvalue weighted by atomic mass is 32.2. The van der Waals surface area contributed by atoms with Gasteiger partial charge in [0.15, 0.2) is 11.5 Å². The van der Waals surface area contributed by atoms with Gasteiger partial charge in [-0.1, -0.05) is 50.5 Å². The second kappa shape index (κ2) is 10.8. The molecule has 0 bridgehead atoms. The number of amides is 1. The van der Waals surface area contributed by atoms with Crippen molar-refractivity contribution in [2.24, 2.45) is 0 Å². The van der Waals surface area contributed by atoms with Crippen molar-refractivity contribution in [3.63, 3.8) is 0 Å². The first-order valence-corrected chi connectivity index (χ1v) is 12.4. The Morgan fingerprint density at radius 1 is 1.03 bits per heavy atom. The summed E-state index contributed by atoms with van der Waals surface area (Å²) in [5.41, 5.74) is 1.90. The van der Waals surface area contributed by atoms with Gasteiger partial charge in [-0.2, -0.15) is 4.31 Å². The molecule has 2 aromatic carbocycles. The van der Waals surface area contributed by atoms with E-state index in [9.17, 15) is 13.2 Å². The van der Waals surface area contributed by atoms with Crippen molar-refractivity contribution in [1.82, 2.24) is 9.62 Å². The molecule has 0 radical (unpaired) electrons. The zero-order chi connectivity index (χ0) is 23.1. The second-order valence-electron chi connectivity index (χ2n) is 7.91. The van der Waals surface area contributed by atoms with E-state index in [1.807, 2.05) is 24.3 Å². The summed E-state index contributed by atoms with van der Waals surface area (Å²) in [5.74, 6) is 0.500. The smallest absolute Gasteiger partial charge is 0.244 e. The summed E-state index contributed by atoms with van der Waals surface area (Å²) in [6, 6.07) is 11.3. The average molecular weight is 461 g/mol. The zero-order valence-electron chi connectivity index (χ0n) is 19.0. The predicted molar refractivity (Wildman–Crippen MR) is 123 cm³/mol. The lowest BCUT2D eigenvalue weighted by molar-refractivity contribution is -0.125. The zero-order valence-corrected chi connectivity index (χ0v) is 19.8. The van der Waals surface area contributed by atoms with E-state index in [4.69, 9.17) is 9.47 Å². The Hall–Kier alpha value is -2.58. The summed E-state index contributed by atoms with van der Waals surface area (Å²) >= 11 is 0. The highest BCUT2D eigenvalue weighted by Gasteiger charge is 2.39. The fraction of sp³-hybridized carbons (Fsp3) is 0.458. The van der Waals surface area contributed by atoms with Gasteiger partial charge in [0.2, 0.25) is 15.9 Å². The van der Waals surface area contributed by atoms with Crippen LogP contribution in [0.4, 0.5) is 0 Å². The molecular formula is C24H32N2O5S. The topological polar surface area (TPSA) is 84.9 Å². The third kappa shape index (κ3) is 5.24. The first-order valence-electron chi connectivity index (χ1n) is 11.0. The normalized spacial score (nSPS) is 16.3. The molecule has 1 heterocycles. The van der Waals surface area contributed by atoms with Gasteiger partial charge in [-0.25, -0.2) is 8.42 Å². The van der Waals surface area contributed by atoms with Gasteiger partial charge in [-0.05, 0) is 36.1 Å². The third-order valence-corrected chi connectivity index (χ3v) is 7.65. The number of fused-ring (bicyclic) bond motifs is 1. The molecule has 0 saturated heterocycles. The number of carbonyl (C=O) groups is 1. The molecule has 0 saturated carbocycles. The molecule has 0 spiro atoms. The van der Waals surface area contributed by atoms with E-state index < -0.39 is 16.1 Å². The quantitative estimate of drug-likeness (QED) is 0.549. The molecule has 1 unspecified atom stereocenters. The van der Waals surface area contributed by atoms with Crippen LogP contribution in [-0.4, -0.2) is 45.4 Å². The number of unbranched alkanes of at least 4 members (excludes halogenated alkanes) is 3. The van der Waals surface area contributed by atoms with Crippen LogP contribution in [0.3, 0.4) is 0 Å². The van der Waals surface area contributed by atoms with Crippen LogP contribution in [0.15, 0.2) is 47.4 Å². The Balaban J connectivity index is 1.90. The monoisotopic (exact) mass is 460 g/mol. The second-order valence-corrected chi connectivity index (χ2v) is 9.80. The van der Waals surface area contributed by atoms with Crippen LogP contribution >= 0.6 is 0 Å². The first kappa shape index (κ1) is 24.1. The van der Waals surface area contributed by atoms with Crippen molar-refractivity contribution in [1.29, 1.82) is 0 Å². The number of rotatable bonds is 10. The van der Waals surface area contributed by atoms with Crippen molar-refractivity contribution >= 4 is 15.9 Å². The lowest BCUT2D eigenvalue weighted by atomic mass is 9.95. The maximum absolute atomic E-state index is 13.6. The molecule has 32 heavy (non-hydrogen) atoms. The summed E-state index contributed by atoms with van der Waals surface area (Å²) in [6.07, 6.45) is 4.49. The fourth-order valence-corrected chi connectivity index (χ4v) is 5.55. The maximum atomic E-state index is 13.6. The molecule has 0 aromatic heterocycles. The van der Waals surface area contributed by atoms with Crippen LogP contribution in [0.2, 0.25) is 0 Å². The Morgan fingerprint density at radius 2 is 1.75 bits per heavy atom. The number of ether oxygens (including phenoxy) is 2. The van der Waals surface area contributed by atoms with E-state index in [-0.39, 0.29) is 17.3 Å². The van der Waals surface area contributed by atoms with Gasteiger partial charge in [0.1, 0.15) is 6.04 Å². The highest BCUT2D eigenvalue weighted by Crippen LogP contribution is 2.34. The molecule has 7 nitrogen and oxygen atoms in total. The van der Waals surface area contributed by atoms with Crippen LogP contribution in [0.25, 0.3) is 0 Å². The largest absolute Gasteiger partial charge is 0.493 e. The summed E-state index contributed by atoms with van der Waals surface area (Å²) in [5, 5.41) is 2.95. The number of nitrogens with one attached hydrogen (secondary N) is 1. The van der Waals surface area contributed by atoms with E-state index in [2.05, 4.69) is 12.2 Å². The van der Waals surface area contributed by atoms with Gasteiger partial charge in [0.25, 0.3) is 0 Å². The average Bonchev–Trinajstić information content (AvgIpc) is 2.82. The van der Waals surface area contributed by atoms with Crippen molar-refractivity contribution < 1.29 is 22.7 Å². The Labute approximate surface area is 190 Å². The van der Waals surface area contributed by atoms with Crippen LogP contribution in [0.5, 0.6) is 11.5 Å². The number of hydrogen-bond acceptors (Lipinski definition) is 5. The van der Waals surface area contributed by atoms with Crippen molar-refractivity contribution in [3.8, 4) is 11.5 Å². The van der Waals surface area contributed by atoms with Gasteiger partial charge in [-0.15, -0.1) is 0 Å². The Kier molecular flexibility index (Phi) is 8.15. The summed E-state index contributed by atoms with van der Waals surface area (Å²) < 4.78 is 39.1. The number of hydrogen-bond donors (Lipinski definition) is 1. The molecule has 1 atom stereocenters. The van der Waals surface area contributed by atoms with Gasteiger partial charge in [0.05, 0.1) is 19.1 Å². The third-order valence-electron chi connectivity index (χ3n) is 5.80. The van der Waals surface area contributed by atoms with Crippen LogP contribution in [0.1, 0.15) is 43.7 Å². The Morgan fingerprint density at radius 3 is 2.44 bits per heavy atom. The fourth-order valence-electron chi connectivity index (χ4n) is 3.97.